The van der Waals surface area contributed by atoms with Gasteiger partial charge in [0.15, 0.2) is 0 Å². The highest BCUT2D eigenvalue weighted by Gasteiger charge is 2.37. The van der Waals surface area contributed by atoms with Gasteiger partial charge in [0.25, 0.3) is 5.95 Å². The second kappa shape index (κ2) is 3.90. The van der Waals surface area contributed by atoms with E-state index in [1.54, 1.807) is 0 Å². The summed E-state index contributed by atoms with van der Waals surface area (Å²) >= 11 is 0. The lowest BCUT2D eigenvalue weighted by Crippen LogP contribution is -2.16. The van der Waals surface area contributed by atoms with E-state index in [4.69, 9.17) is 5.73 Å². The number of rotatable bonds is 4. The second-order valence-electron chi connectivity index (χ2n) is 4.82. The van der Waals surface area contributed by atoms with Crippen LogP contribution in [0.15, 0.2) is 12.7 Å². The SMILES string of the molecule is CC1(CNc2nc(N)nc(-n3cncn3)n2)CC1. The zero-order valence-corrected chi connectivity index (χ0v) is 10.0. The van der Waals surface area contributed by atoms with Crippen molar-refractivity contribution in [1.82, 2.24) is 29.7 Å². The van der Waals surface area contributed by atoms with Crippen molar-refractivity contribution in [2.75, 3.05) is 17.6 Å². The minimum Gasteiger partial charge on any atom is -0.368 e. The molecule has 0 unspecified atom stereocenters. The van der Waals surface area contributed by atoms with Crippen LogP contribution in [0.1, 0.15) is 19.8 Å². The Morgan fingerprint density at radius 3 is 2.89 bits per heavy atom. The van der Waals surface area contributed by atoms with Gasteiger partial charge >= 0.3 is 0 Å². The molecule has 0 spiro atoms. The molecule has 1 aliphatic rings. The highest BCUT2D eigenvalue weighted by atomic mass is 15.4. The molecule has 0 amide bonds. The summed E-state index contributed by atoms with van der Waals surface area (Å²) in [6.45, 7) is 3.07. The molecule has 3 N–H and O–H groups in total. The van der Waals surface area contributed by atoms with E-state index < -0.39 is 0 Å². The zero-order valence-electron chi connectivity index (χ0n) is 10.0. The normalized spacial score (nSPS) is 16.5. The van der Waals surface area contributed by atoms with Gasteiger partial charge in [-0.15, -0.1) is 0 Å². The molecule has 1 saturated carbocycles. The van der Waals surface area contributed by atoms with Gasteiger partial charge in [-0.25, -0.2) is 4.98 Å². The molecule has 2 heterocycles. The standard InChI is InChI=1S/C10H14N8/c1-10(2-3-10)4-13-8-15-7(11)16-9(17-8)18-6-12-5-14-18/h5-6H,2-4H2,1H3,(H3,11,13,15,16,17). The van der Waals surface area contributed by atoms with E-state index in [0.29, 0.717) is 17.3 Å². The van der Waals surface area contributed by atoms with E-state index in [-0.39, 0.29) is 5.95 Å². The van der Waals surface area contributed by atoms with E-state index in [1.165, 1.54) is 30.2 Å². The average Bonchev–Trinajstić information content (AvgIpc) is 2.88. The lowest BCUT2D eigenvalue weighted by molar-refractivity contribution is 0.607. The molecule has 18 heavy (non-hydrogen) atoms. The minimum absolute atomic E-state index is 0.166. The summed E-state index contributed by atoms with van der Waals surface area (Å²) in [4.78, 5) is 16.2. The number of anilines is 2. The summed E-state index contributed by atoms with van der Waals surface area (Å²) in [5, 5.41) is 7.15. The van der Waals surface area contributed by atoms with Gasteiger partial charge in [-0.2, -0.15) is 24.7 Å². The Hall–Kier alpha value is -2.25. The van der Waals surface area contributed by atoms with Gasteiger partial charge in [0.1, 0.15) is 12.7 Å². The van der Waals surface area contributed by atoms with Gasteiger partial charge in [-0.1, -0.05) is 6.92 Å². The predicted octanol–water partition coefficient (Wildman–Crippen LogP) is 0.246. The van der Waals surface area contributed by atoms with E-state index in [1.807, 2.05) is 0 Å². The number of nitrogens with zero attached hydrogens (tertiary/aromatic N) is 6. The Morgan fingerprint density at radius 1 is 1.39 bits per heavy atom. The van der Waals surface area contributed by atoms with E-state index in [9.17, 15) is 0 Å². The molecule has 2 aromatic rings. The highest BCUT2D eigenvalue weighted by Crippen LogP contribution is 2.44. The minimum atomic E-state index is 0.166. The first-order valence-corrected chi connectivity index (χ1v) is 5.75. The molecular weight excluding hydrogens is 232 g/mol. The number of aromatic nitrogens is 6. The Balaban J connectivity index is 1.82. The van der Waals surface area contributed by atoms with Crippen molar-refractivity contribution in [3.63, 3.8) is 0 Å². The topological polar surface area (TPSA) is 107 Å². The number of nitrogen functional groups attached to an aromatic ring is 1. The molecule has 0 atom stereocenters. The summed E-state index contributed by atoms with van der Waals surface area (Å²) in [5.74, 6) is 1.00. The molecule has 3 rings (SSSR count). The summed E-state index contributed by atoms with van der Waals surface area (Å²) < 4.78 is 1.45. The van der Waals surface area contributed by atoms with Gasteiger partial charge in [0.2, 0.25) is 11.9 Å². The third-order valence-corrected chi connectivity index (χ3v) is 3.04. The van der Waals surface area contributed by atoms with Crippen LogP contribution in [0.2, 0.25) is 0 Å². The fourth-order valence-corrected chi connectivity index (χ4v) is 1.56. The monoisotopic (exact) mass is 246 g/mol. The van der Waals surface area contributed by atoms with Crippen molar-refractivity contribution in [2.24, 2.45) is 5.41 Å². The maximum Gasteiger partial charge on any atom is 0.258 e. The van der Waals surface area contributed by atoms with Crippen LogP contribution in [-0.2, 0) is 0 Å². The Bertz CT molecular complexity index is 545. The first-order valence-electron chi connectivity index (χ1n) is 5.75. The summed E-state index contributed by atoms with van der Waals surface area (Å²) in [7, 11) is 0. The Morgan fingerprint density at radius 2 is 2.22 bits per heavy atom. The summed E-state index contributed by atoms with van der Waals surface area (Å²) in [6, 6.07) is 0. The van der Waals surface area contributed by atoms with Gasteiger partial charge < -0.3 is 11.1 Å². The molecule has 2 aromatic heterocycles. The van der Waals surface area contributed by atoms with E-state index >= 15 is 0 Å². The van der Waals surface area contributed by atoms with Crippen molar-refractivity contribution < 1.29 is 0 Å². The van der Waals surface area contributed by atoms with Gasteiger partial charge in [0, 0.05) is 6.54 Å². The molecule has 0 radical (unpaired) electrons. The first-order chi connectivity index (χ1) is 8.65. The van der Waals surface area contributed by atoms with Crippen LogP contribution in [0.25, 0.3) is 5.95 Å². The molecular formula is C10H14N8. The Kier molecular flexibility index (Phi) is 2.35. The molecule has 8 heteroatoms. The number of nitrogens with two attached hydrogens (primary N) is 1. The summed E-state index contributed by atoms with van der Waals surface area (Å²) in [6.07, 6.45) is 5.39. The molecule has 0 aromatic carbocycles. The average molecular weight is 246 g/mol. The first kappa shape index (κ1) is 10.9. The van der Waals surface area contributed by atoms with Crippen molar-refractivity contribution in [1.29, 1.82) is 0 Å². The third kappa shape index (κ3) is 2.22. The maximum absolute atomic E-state index is 5.66. The van der Waals surface area contributed by atoms with Crippen LogP contribution in [-0.4, -0.2) is 36.3 Å². The fourth-order valence-electron chi connectivity index (χ4n) is 1.56. The van der Waals surface area contributed by atoms with E-state index in [0.717, 1.165) is 6.54 Å². The Labute approximate surface area is 104 Å². The molecule has 1 fully saturated rings. The van der Waals surface area contributed by atoms with Crippen molar-refractivity contribution in [3.8, 4) is 5.95 Å². The van der Waals surface area contributed by atoms with Crippen LogP contribution in [0.5, 0.6) is 0 Å². The third-order valence-electron chi connectivity index (χ3n) is 3.04. The predicted molar refractivity (Wildman–Crippen MR) is 65.0 cm³/mol. The molecule has 1 aliphatic carbocycles. The van der Waals surface area contributed by atoms with Crippen LogP contribution in [0.3, 0.4) is 0 Å². The number of nitrogens with one attached hydrogen (secondary N) is 1. The van der Waals surface area contributed by atoms with Gasteiger partial charge in [-0.3, -0.25) is 0 Å². The molecule has 0 aliphatic heterocycles. The highest BCUT2D eigenvalue weighted by molar-refractivity contribution is 5.35. The van der Waals surface area contributed by atoms with Crippen LogP contribution in [0, 0.1) is 5.41 Å². The van der Waals surface area contributed by atoms with E-state index in [2.05, 4.69) is 37.3 Å². The fraction of sp³-hybridized carbons (Fsp3) is 0.500. The smallest absolute Gasteiger partial charge is 0.258 e. The summed E-state index contributed by atoms with van der Waals surface area (Å²) in [5.41, 5.74) is 6.03. The van der Waals surface area contributed by atoms with Crippen molar-refractivity contribution >= 4 is 11.9 Å². The number of hydrogen-bond acceptors (Lipinski definition) is 7. The maximum atomic E-state index is 5.66. The lowest BCUT2D eigenvalue weighted by Gasteiger charge is -2.10. The number of hydrogen-bond donors (Lipinski definition) is 2. The largest absolute Gasteiger partial charge is 0.368 e. The quantitative estimate of drug-likeness (QED) is 0.795. The van der Waals surface area contributed by atoms with Gasteiger partial charge in [-0.05, 0) is 18.3 Å². The zero-order chi connectivity index (χ0) is 12.6. The molecule has 94 valence electrons. The van der Waals surface area contributed by atoms with Crippen LogP contribution in [0.4, 0.5) is 11.9 Å². The van der Waals surface area contributed by atoms with Gasteiger partial charge in [0.05, 0.1) is 0 Å². The van der Waals surface area contributed by atoms with Crippen LogP contribution < -0.4 is 11.1 Å². The molecule has 0 saturated heterocycles. The van der Waals surface area contributed by atoms with Crippen molar-refractivity contribution in [2.45, 2.75) is 19.8 Å². The molecule has 8 nitrogen and oxygen atoms in total. The lowest BCUT2D eigenvalue weighted by atomic mass is 10.1. The van der Waals surface area contributed by atoms with Crippen LogP contribution >= 0.6 is 0 Å². The van der Waals surface area contributed by atoms with Crippen molar-refractivity contribution in [3.05, 3.63) is 12.7 Å². The second-order valence-corrected chi connectivity index (χ2v) is 4.82. The molecule has 0 bridgehead atoms.